The lowest BCUT2D eigenvalue weighted by atomic mass is 10.1. The van der Waals surface area contributed by atoms with Crippen LogP contribution in [0.15, 0.2) is 52.6 Å². The second-order valence-electron chi connectivity index (χ2n) is 10.2. The first-order chi connectivity index (χ1) is 19.2. The van der Waals surface area contributed by atoms with Crippen LogP contribution in [-0.4, -0.2) is 36.5 Å². The van der Waals surface area contributed by atoms with Crippen molar-refractivity contribution in [2.75, 3.05) is 0 Å². The van der Waals surface area contributed by atoms with Gasteiger partial charge in [0.1, 0.15) is 10.9 Å². The molecule has 1 aromatic carbocycles. The number of aromatic nitrogens is 3. The number of imidazole rings is 1. The summed E-state index contributed by atoms with van der Waals surface area (Å²) in [5.41, 5.74) is 1.79. The van der Waals surface area contributed by atoms with Crippen LogP contribution >= 0.6 is 35.0 Å². The van der Waals surface area contributed by atoms with Crippen molar-refractivity contribution in [1.29, 1.82) is 0 Å². The largest absolute Gasteiger partial charge is 0.465 e. The number of carboxylic acid groups (broad SMARTS) is 1. The number of pyridine rings is 1. The predicted octanol–water partition coefficient (Wildman–Crippen LogP) is 9.06. The van der Waals surface area contributed by atoms with Gasteiger partial charge in [-0.1, -0.05) is 94.3 Å². The number of carbonyl (C=O) groups excluding carboxylic acids is 1. The molecule has 0 bridgehead atoms. The van der Waals surface area contributed by atoms with Crippen LogP contribution in [0.4, 0.5) is 4.79 Å². The highest BCUT2D eigenvalue weighted by Crippen LogP contribution is 2.38. The number of nitrogens with zero attached hydrogens (tertiary/aromatic N) is 4. The van der Waals surface area contributed by atoms with E-state index in [1.807, 2.05) is 42.7 Å². The number of hydrogen-bond donors (Lipinski definition) is 1. The number of unbranched alkanes of at least 4 members (excludes halogenated alkanes) is 6. The Morgan fingerprint density at radius 1 is 1.00 bits per heavy atom. The second kappa shape index (κ2) is 16.0. The molecule has 2 amide bonds. The Kier molecular flexibility index (Phi) is 12.8. The Hall–Kier alpha value is -2.55. The topological polar surface area (TPSA) is 88.3 Å². The van der Waals surface area contributed by atoms with Crippen molar-refractivity contribution in [3.05, 3.63) is 69.9 Å². The molecule has 7 nitrogen and oxygen atoms in total. The van der Waals surface area contributed by atoms with Crippen molar-refractivity contribution in [2.24, 2.45) is 0 Å². The van der Waals surface area contributed by atoms with Gasteiger partial charge in [0, 0.05) is 40.3 Å². The molecule has 0 radical (unpaired) electrons. The van der Waals surface area contributed by atoms with Crippen molar-refractivity contribution in [1.82, 2.24) is 19.4 Å². The highest BCUT2D eigenvalue weighted by Gasteiger charge is 2.27. The fourth-order valence-corrected chi connectivity index (χ4v) is 6.33. The van der Waals surface area contributed by atoms with Gasteiger partial charge in [0.2, 0.25) is 5.91 Å². The van der Waals surface area contributed by atoms with Crippen LogP contribution in [0, 0.1) is 0 Å². The summed E-state index contributed by atoms with van der Waals surface area (Å²) in [7, 11) is 0. The van der Waals surface area contributed by atoms with Gasteiger partial charge in [-0.2, -0.15) is 0 Å². The Morgan fingerprint density at radius 3 is 2.23 bits per heavy atom. The summed E-state index contributed by atoms with van der Waals surface area (Å²) in [6, 6.07) is 9.16. The normalized spacial score (nSPS) is 11.2. The van der Waals surface area contributed by atoms with Gasteiger partial charge in [0.25, 0.3) is 0 Å². The van der Waals surface area contributed by atoms with E-state index in [4.69, 9.17) is 28.2 Å². The van der Waals surface area contributed by atoms with Gasteiger partial charge in [0.05, 0.1) is 12.2 Å². The van der Waals surface area contributed by atoms with Crippen LogP contribution in [0.5, 0.6) is 0 Å². The zero-order valence-corrected chi connectivity index (χ0v) is 25.7. The lowest BCUT2D eigenvalue weighted by Gasteiger charge is -2.19. The minimum absolute atomic E-state index is 0.0521. The first-order valence-corrected chi connectivity index (χ1v) is 15.4. The van der Waals surface area contributed by atoms with Crippen molar-refractivity contribution in [2.45, 2.75) is 101 Å². The third-order valence-corrected chi connectivity index (χ3v) is 8.07. The summed E-state index contributed by atoms with van der Waals surface area (Å²) in [6.07, 6.45) is 9.77. The fraction of sp³-hybridized carbons (Fsp3) is 0.467. The van der Waals surface area contributed by atoms with E-state index in [2.05, 4.69) is 11.9 Å². The molecule has 0 aliphatic rings. The van der Waals surface area contributed by atoms with E-state index in [0.29, 0.717) is 28.8 Å². The molecule has 3 rings (SSSR count). The molecule has 0 fully saturated rings. The number of carbonyl (C=O) groups is 2. The zero-order valence-electron chi connectivity index (χ0n) is 23.4. The third kappa shape index (κ3) is 9.53. The molecule has 0 aliphatic carbocycles. The average Bonchev–Trinajstić information content (AvgIpc) is 3.23. The van der Waals surface area contributed by atoms with E-state index < -0.39 is 12.0 Å². The summed E-state index contributed by atoms with van der Waals surface area (Å²) in [4.78, 5) is 36.0. The average molecular weight is 606 g/mol. The van der Waals surface area contributed by atoms with Crippen LogP contribution in [0.1, 0.15) is 95.1 Å². The third-order valence-electron chi connectivity index (χ3n) is 6.54. The maximum atomic E-state index is 13.1. The van der Waals surface area contributed by atoms with E-state index in [9.17, 15) is 14.7 Å². The van der Waals surface area contributed by atoms with E-state index in [1.165, 1.54) is 31.0 Å². The minimum Gasteiger partial charge on any atom is -0.465 e. The van der Waals surface area contributed by atoms with Crippen LogP contribution in [-0.2, 0) is 17.9 Å². The monoisotopic (exact) mass is 604 g/mol. The van der Waals surface area contributed by atoms with Crippen LogP contribution in [0.2, 0.25) is 10.0 Å². The van der Waals surface area contributed by atoms with E-state index in [-0.39, 0.29) is 18.9 Å². The number of hydrogen-bond acceptors (Lipinski definition) is 5. The van der Waals surface area contributed by atoms with Crippen LogP contribution in [0.25, 0.3) is 0 Å². The Labute approximate surface area is 251 Å². The molecule has 3 aromatic rings. The number of rotatable bonds is 15. The van der Waals surface area contributed by atoms with Gasteiger partial charge in [-0.15, -0.1) is 0 Å². The summed E-state index contributed by atoms with van der Waals surface area (Å²) in [5.74, 6) is 0.157. The van der Waals surface area contributed by atoms with Crippen molar-refractivity contribution < 1.29 is 14.7 Å². The second-order valence-corrected chi connectivity index (χ2v) is 12.1. The smallest absolute Gasteiger partial charge is 0.414 e. The highest BCUT2D eigenvalue weighted by molar-refractivity contribution is 7.99. The number of benzene rings is 1. The Morgan fingerprint density at radius 2 is 1.62 bits per heavy atom. The molecule has 0 unspecified atom stereocenters. The SMILES string of the molecule is CCCCCCCCCC(=O)N(Cc1nc(C(C)C)c(Sc2cc(Cl)cc(Cl)c2)n1Cc1ccncc1)C(=O)O. The van der Waals surface area contributed by atoms with Crippen LogP contribution < -0.4 is 0 Å². The fourth-order valence-electron chi connectivity index (χ4n) is 4.41. The quantitative estimate of drug-likeness (QED) is 0.174. The Balaban J connectivity index is 1.90. The van der Waals surface area contributed by atoms with Crippen molar-refractivity contribution in [3.63, 3.8) is 0 Å². The molecule has 1 N–H and O–H groups in total. The first kappa shape index (κ1) is 32.0. The zero-order chi connectivity index (χ0) is 29.1. The van der Waals surface area contributed by atoms with Crippen molar-refractivity contribution in [3.8, 4) is 0 Å². The molecule has 0 spiro atoms. The molecule has 0 saturated heterocycles. The summed E-state index contributed by atoms with van der Waals surface area (Å²) in [5, 5.41) is 11.9. The molecule has 40 heavy (non-hydrogen) atoms. The molecule has 2 heterocycles. The lowest BCUT2D eigenvalue weighted by molar-refractivity contribution is -0.129. The lowest BCUT2D eigenvalue weighted by Crippen LogP contribution is -2.36. The summed E-state index contributed by atoms with van der Waals surface area (Å²) in [6.45, 7) is 6.57. The molecule has 2 aromatic heterocycles. The summed E-state index contributed by atoms with van der Waals surface area (Å²) >= 11 is 14.0. The highest BCUT2D eigenvalue weighted by atomic mass is 35.5. The Bertz CT molecular complexity index is 1250. The van der Waals surface area contributed by atoms with E-state index in [0.717, 1.165) is 45.3 Å². The van der Waals surface area contributed by atoms with Gasteiger partial charge in [0.15, 0.2) is 0 Å². The van der Waals surface area contributed by atoms with Crippen LogP contribution in [0.3, 0.4) is 0 Å². The van der Waals surface area contributed by atoms with Gasteiger partial charge >= 0.3 is 6.09 Å². The maximum absolute atomic E-state index is 13.1. The van der Waals surface area contributed by atoms with E-state index >= 15 is 0 Å². The molecule has 0 aliphatic heterocycles. The summed E-state index contributed by atoms with van der Waals surface area (Å²) < 4.78 is 1.99. The molecule has 0 atom stereocenters. The molecule has 216 valence electrons. The predicted molar refractivity (Wildman–Crippen MR) is 161 cm³/mol. The maximum Gasteiger partial charge on any atom is 0.414 e. The molecular formula is C30H38Cl2N4O3S. The number of imide groups is 1. The molecular weight excluding hydrogens is 567 g/mol. The standard InChI is InChI=1S/C30H38Cl2N4O3S/c1-4-5-6-7-8-9-10-11-27(37)36(30(38)39)20-26-34-28(21(2)3)29(35(26)19-22-12-14-33-15-13-22)40-25-17-23(31)16-24(32)18-25/h12-18,21H,4-11,19-20H2,1-3H3,(H,38,39). The van der Waals surface area contributed by atoms with Gasteiger partial charge in [-0.3, -0.25) is 9.78 Å². The van der Waals surface area contributed by atoms with Gasteiger partial charge < -0.3 is 9.67 Å². The first-order valence-electron chi connectivity index (χ1n) is 13.8. The minimum atomic E-state index is -1.27. The van der Waals surface area contributed by atoms with Crippen molar-refractivity contribution >= 4 is 47.0 Å². The molecule has 0 saturated carbocycles. The molecule has 10 heteroatoms. The van der Waals surface area contributed by atoms with Gasteiger partial charge in [-0.05, 0) is 48.2 Å². The number of amides is 2. The number of halogens is 2. The van der Waals surface area contributed by atoms with Gasteiger partial charge in [-0.25, -0.2) is 14.7 Å². The van der Waals surface area contributed by atoms with E-state index in [1.54, 1.807) is 18.5 Å².